The Morgan fingerprint density at radius 3 is 2.68 bits per heavy atom. The predicted molar refractivity (Wildman–Crippen MR) is 92.6 cm³/mol. The van der Waals surface area contributed by atoms with Crippen LogP contribution in [-0.4, -0.2) is 22.4 Å². The standard InChI is InChI=1S/C20H34O2/c1-6-18(3,22)12-13-19(4)15(2)10-11-20(5)16(14-21)8-7-9-17(19)20/h6,8,15,17,21-22H,1,7,9-14H2,2-5H3/t15-,17-,18+,19+,20-/m1/s1. The van der Waals surface area contributed by atoms with Gasteiger partial charge in [0.05, 0.1) is 12.2 Å². The molecule has 0 aromatic heterocycles. The molecule has 0 bridgehead atoms. The van der Waals surface area contributed by atoms with Crippen LogP contribution >= 0.6 is 0 Å². The summed E-state index contributed by atoms with van der Waals surface area (Å²) < 4.78 is 0. The van der Waals surface area contributed by atoms with Gasteiger partial charge in [0.25, 0.3) is 0 Å². The largest absolute Gasteiger partial charge is 0.392 e. The van der Waals surface area contributed by atoms with E-state index < -0.39 is 5.60 Å². The van der Waals surface area contributed by atoms with E-state index in [1.54, 1.807) is 6.08 Å². The number of rotatable bonds is 5. The van der Waals surface area contributed by atoms with E-state index in [0.717, 1.165) is 19.3 Å². The minimum Gasteiger partial charge on any atom is -0.392 e. The van der Waals surface area contributed by atoms with E-state index in [-0.39, 0.29) is 17.4 Å². The zero-order valence-electron chi connectivity index (χ0n) is 14.9. The summed E-state index contributed by atoms with van der Waals surface area (Å²) in [7, 11) is 0. The van der Waals surface area contributed by atoms with Gasteiger partial charge in [-0.1, -0.05) is 32.9 Å². The Hall–Kier alpha value is -0.600. The lowest BCUT2D eigenvalue weighted by Gasteiger charge is -2.58. The Bertz CT molecular complexity index is 451. The lowest BCUT2D eigenvalue weighted by atomic mass is 9.46. The van der Waals surface area contributed by atoms with Crippen LogP contribution < -0.4 is 0 Å². The number of hydrogen-bond acceptors (Lipinski definition) is 2. The first-order valence-corrected chi connectivity index (χ1v) is 8.86. The molecule has 0 aromatic carbocycles. The van der Waals surface area contributed by atoms with Crippen molar-refractivity contribution < 1.29 is 10.2 Å². The van der Waals surface area contributed by atoms with Gasteiger partial charge in [0.2, 0.25) is 0 Å². The molecule has 22 heavy (non-hydrogen) atoms. The van der Waals surface area contributed by atoms with Crippen LogP contribution in [0.25, 0.3) is 0 Å². The van der Waals surface area contributed by atoms with Crippen LogP contribution in [-0.2, 0) is 0 Å². The maximum atomic E-state index is 10.3. The number of fused-ring (bicyclic) bond motifs is 1. The SMILES string of the molecule is C=C[C@](C)(O)CC[C@@]1(C)[C@H](C)CC[C@]2(C)C(CO)=CCC[C@H]12. The van der Waals surface area contributed by atoms with E-state index in [1.165, 1.54) is 24.8 Å². The Balaban J connectivity index is 2.29. The van der Waals surface area contributed by atoms with Crippen molar-refractivity contribution in [2.24, 2.45) is 22.7 Å². The van der Waals surface area contributed by atoms with Crippen molar-refractivity contribution in [3.05, 3.63) is 24.3 Å². The highest BCUT2D eigenvalue weighted by Crippen LogP contribution is 2.62. The van der Waals surface area contributed by atoms with Crippen LogP contribution in [0.4, 0.5) is 0 Å². The Morgan fingerprint density at radius 2 is 2.09 bits per heavy atom. The van der Waals surface area contributed by atoms with Gasteiger partial charge in [0.15, 0.2) is 0 Å². The molecule has 2 rings (SSSR count). The Labute approximate surface area is 136 Å². The van der Waals surface area contributed by atoms with E-state index in [1.807, 2.05) is 6.92 Å². The molecule has 0 spiro atoms. The van der Waals surface area contributed by atoms with Crippen LogP contribution in [0.3, 0.4) is 0 Å². The zero-order chi connectivity index (χ0) is 16.6. The molecule has 0 aromatic rings. The highest BCUT2D eigenvalue weighted by Gasteiger charge is 2.53. The Kier molecular flexibility index (Phi) is 4.94. The lowest BCUT2D eigenvalue weighted by molar-refractivity contribution is -0.0616. The van der Waals surface area contributed by atoms with Crippen LogP contribution in [0.1, 0.15) is 66.2 Å². The summed E-state index contributed by atoms with van der Waals surface area (Å²) in [6.07, 6.45) is 10.4. The second kappa shape index (κ2) is 6.13. The molecule has 0 amide bonds. The second-order valence-electron chi connectivity index (χ2n) is 8.44. The molecule has 0 saturated heterocycles. The van der Waals surface area contributed by atoms with Gasteiger partial charge in [-0.25, -0.2) is 0 Å². The van der Waals surface area contributed by atoms with Crippen LogP contribution in [0, 0.1) is 22.7 Å². The molecule has 2 aliphatic rings. The van der Waals surface area contributed by atoms with E-state index in [0.29, 0.717) is 11.8 Å². The molecule has 2 heteroatoms. The molecule has 0 radical (unpaired) electrons. The summed E-state index contributed by atoms with van der Waals surface area (Å²) in [5.74, 6) is 1.25. The molecule has 0 aliphatic heterocycles. The van der Waals surface area contributed by atoms with Crippen molar-refractivity contribution in [2.75, 3.05) is 6.61 Å². The predicted octanol–water partition coefficient (Wildman–Crippen LogP) is 4.47. The number of allylic oxidation sites excluding steroid dienone is 1. The van der Waals surface area contributed by atoms with E-state index >= 15 is 0 Å². The summed E-state index contributed by atoms with van der Waals surface area (Å²) in [6, 6.07) is 0. The molecule has 1 saturated carbocycles. The van der Waals surface area contributed by atoms with E-state index in [4.69, 9.17) is 0 Å². The molecule has 2 nitrogen and oxygen atoms in total. The average Bonchev–Trinajstić information content (AvgIpc) is 2.49. The minimum atomic E-state index is -0.777. The van der Waals surface area contributed by atoms with Crippen molar-refractivity contribution in [2.45, 2.75) is 71.8 Å². The van der Waals surface area contributed by atoms with Gasteiger partial charge in [-0.3, -0.25) is 0 Å². The molecule has 0 unspecified atom stereocenters. The third-order valence-corrected chi connectivity index (χ3v) is 7.15. The first-order chi connectivity index (χ1) is 10.2. The third kappa shape index (κ3) is 2.92. The van der Waals surface area contributed by atoms with E-state index in [2.05, 4.69) is 33.4 Å². The summed E-state index contributed by atoms with van der Waals surface area (Å²) in [5, 5.41) is 20.2. The summed E-state index contributed by atoms with van der Waals surface area (Å²) >= 11 is 0. The molecule has 5 atom stereocenters. The second-order valence-corrected chi connectivity index (χ2v) is 8.44. The fourth-order valence-electron chi connectivity index (χ4n) is 5.07. The zero-order valence-corrected chi connectivity index (χ0v) is 14.9. The fraction of sp³-hybridized carbons (Fsp3) is 0.800. The smallest absolute Gasteiger partial charge is 0.0797 e. The van der Waals surface area contributed by atoms with Gasteiger partial charge in [-0.15, -0.1) is 6.58 Å². The molecule has 0 heterocycles. The monoisotopic (exact) mass is 306 g/mol. The molecule has 2 aliphatic carbocycles. The number of aliphatic hydroxyl groups excluding tert-OH is 1. The number of hydrogen-bond donors (Lipinski definition) is 2. The molecule has 2 N–H and O–H groups in total. The van der Waals surface area contributed by atoms with Gasteiger partial charge < -0.3 is 10.2 Å². The molecular formula is C20H34O2. The molecule has 126 valence electrons. The molecular weight excluding hydrogens is 272 g/mol. The average molecular weight is 306 g/mol. The number of aliphatic hydroxyl groups is 2. The van der Waals surface area contributed by atoms with Gasteiger partial charge in [0, 0.05) is 0 Å². The van der Waals surface area contributed by atoms with Gasteiger partial charge >= 0.3 is 0 Å². The third-order valence-electron chi connectivity index (χ3n) is 7.15. The first-order valence-electron chi connectivity index (χ1n) is 8.86. The fourth-order valence-corrected chi connectivity index (χ4v) is 5.07. The van der Waals surface area contributed by atoms with Gasteiger partial charge in [0.1, 0.15) is 0 Å². The van der Waals surface area contributed by atoms with Crippen LogP contribution in [0.15, 0.2) is 24.3 Å². The normalized spacial score (nSPS) is 41.3. The molecule has 1 fully saturated rings. The van der Waals surface area contributed by atoms with Crippen LogP contribution in [0.2, 0.25) is 0 Å². The quantitative estimate of drug-likeness (QED) is 0.735. The van der Waals surface area contributed by atoms with Crippen molar-refractivity contribution in [3.63, 3.8) is 0 Å². The maximum Gasteiger partial charge on any atom is 0.0797 e. The van der Waals surface area contributed by atoms with Gasteiger partial charge in [-0.2, -0.15) is 0 Å². The highest BCUT2D eigenvalue weighted by molar-refractivity contribution is 5.23. The van der Waals surface area contributed by atoms with E-state index in [9.17, 15) is 10.2 Å². The highest BCUT2D eigenvalue weighted by atomic mass is 16.3. The van der Waals surface area contributed by atoms with Crippen molar-refractivity contribution in [1.82, 2.24) is 0 Å². The minimum absolute atomic E-state index is 0.133. The summed E-state index contributed by atoms with van der Waals surface area (Å²) in [4.78, 5) is 0. The van der Waals surface area contributed by atoms with Crippen molar-refractivity contribution in [1.29, 1.82) is 0 Å². The maximum absolute atomic E-state index is 10.3. The van der Waals surface area contributed by atoms with Gasteiger partial charge in [-0.05, 0) is 73.7 Å². The lowest BCUT2D eigenvalue weighted by Crippen LogP contribution is -2.51. The topological polar surface area (TPSA) is 40.5 Å². The van der Waals surface area contributed by atoms with Crippen molar-refractivity contribution in [3.8, 4) is 0 Å². The van der Waals surface area contributed by atoms with Crippen LogP contribution in [0.5, 0.6) is 0 Å². The summed E-state index contributed by atoms with van der Waals surface area (Å²) in [5.41, 5.74) is 0.821. The first kappa shape index (κ1) is 17.7. The summed E-state index contributed by atoms with van der Waals surface area (Å²) in [6.45, 7) is 13.0. The Morgan fingerprint density at radius 1 is 1.41 bits per heavy atom. The van der Waals surface area contributed by atoms with Crippen molar-refractivity contribution >= 4 is 0 Å².